The Bertz CT molecular complexity index is 602. The van der Waals surface area contributed by atoms with Gasteiger partial charge in [0.2, 0.25) is 0 Å². The number of hydrogen-bond acceptors (Lipinski definition) is 2. The van der Waals surface area contributed by atoms with Crippen molar-refractivity contribution in [3.63, 3.8) is 0 Å². The zero-order valence-electron chi connectivity index (χ0n) is 13.2. The molecule has 1 aliphatic carbocycles. The number of aromatic nitrogens is 1. The molecular formula is C18H27N3. The monoisotopic (exact) mass is 285 g/mol. The summed E-state index contributed by atoms with van der Waals surface area (Å²) in [4.78, 5) is 6.15. The standard InChI is InChI=1S/C18H27N3/c1-3-21(18-10-6-7-14(18)11-19)12-16-13(2)20-17-9-5-4-8-15(16)17/h4-5,8-9,14,18,20H,3,6-7,10-12,19H2,1-2H3. The van der Waals surface area contributed by atoms with E-state index in [0.717, 1.165) is 19.6 Å². The lowest BCUT2D eigenvalue weighted by atomic mass is 10.0. The number of aryl methyl sites for hydroxylation is 1. The lowest BCUT2D eigenvalue weighted by Gasteiger charge is -2.32. The normalized spacial score (nSPS) is 22.5. The Morgan fingerprint density at radius 2 is 2.10 bits per heavy atom. The number of benzene rings is 1. The predicted molar refractivity (Wildman–Crippen MR) is 89.3 cm³/mol. The smallest absolute Gasteiger partial charge is 0.0459 e. The second kappa shape index (κ2) is 6.20. The van der Waals surface area contributed by atoms with E-state index >= 15 is 0 Å². The molecule has 0 radical (unpaired) electrons. The average molecular weight is 285 g/mol. The zero-order valence-corrected chi connectivity index (χ0v) is 13.2. The highest BCUT2D eigenvalue weighted by Crippen LogP contribution is 2.32. The molecule has 3 rings (SSSR count). The van der Waals surface area contributed by atoms with Crippen LogP contribution in [0.2, 0.25) is 0 Å². The van der Waals surface area contributed by atoms with Crippen molar-refractivity contribution >= 4 is 10.9 Å². The molecule has 3 nitrogen and oxygen atoms in total. The molecule has 2 atom stereocenters. The van der Waals surface area contributed by atoms with Crippen molar-refractivity contribution in [3.05, 3.63) is 35.5 Å². The van der Waals surface area contributed by atoms with E-state index in [4.69, 9.17) is 5.73 Å². The molecule has 0 bridgehead atoms. The summed E-state index contributed by atoms with van der Waals surface area (Å²) in [6, 6.07) is 9.29. The molecule has 2 unspecified atom stereocenters. The molecule has 0 amide bonds. The molecule has 114 valence electrons. The first-order valence-electron chi connectivity index (χ1n) is 8.24. The predicted octanol–water partition coefficient (Wildman–Crippen LogP) is 3.43. The van der Waals surface area contributed by atoms with Crippen LogP contribution in [0.5, 0.6) is 0 Å². The lowest BCUT2D eigenvalue weighted by molar-refractivity contribution is 0.162. The fraction of sp³-hybridized carbons (Fsp3) is 0.556. The third-order valence-electron chi connectivity index (χ3n) is 5.19. The zero-order chi connectivity index (χ0) is 14.8. The van der Waals surface area contributed by atoms with Crippen LogP contribution in [0, 0.1) is 12.8 Å². The summed E-state index contributed by atoms with van der Waals surface area (Å²) in [6.45, 7) is 7.43. The maximum atomic E-state index is 5.98. The number of nitrogens with two attached hydrogens (primary N) is 1. The lowest BCUT2D eigenvalue weighted by Crippen LogP contribution is -2.39. The fourth-order valence-electron chi connectivity index (χ4n) is 3.98. The van der Waals surface area contributed by atoms with Gasteiger partial charge in [0.05, 0.1) is 0 Å². The third-order valence-corrected chi connectivity index (χ3v) is 5.19. The summed E-state index contributed by atoms with van der Waals surface area (Å²) < 4.78 is 0. The van der Waals surface area contributed by atoms with Crippen molar-refractivity contribution in [2.75, 3.05) is 13.1 Å². The number of nitrogens with zero attached hydrogens (tertiary/aromatic N) is 1. The minimum absolute atomic E-state index is 0.660. The molecule has 1 heterocycles. The Balaban J connectivity index is 1.87. The maximum absolute atomic E-state index is 5.98. The summed E-state index contributed by atoms with van der Waals surface area (Å²) >= 11 is 0. The number of fused-ring (bicyclic) bond motifs is 1. The number of H-pyrrole nitrogens is 1. The van der Waals surface area contributed by atoms with E-state index in [1.165, 1.54) is 41.4 Å². The van der Waals surface area contributed by atoms with Crippen molar-refractivity contribution in [1.29, 1.82) is 0 Å². The molecule has 1 fully saturated rings. The first-order valence-corrected chi connectivity index (χ1v) is 8.24. The molecule has 1 aromatic heterocycles. The van der Waals surface area contributed by atoms with Crippen molar-refractivity contribution < 1.29 is 0 Å². The molecule has 0 spiro atoms. The van der Waals surface area contributed by atoms with Crippen LogP contribution in [0.4, 0.5) is 0 Å². The van der Waals surface area contributed by atoms with Gasteiger partial charge in [0.15, 0.2) is 0 Å². The van der Waals surface area contributed by atoms with Gasteiger partial charge < -0.3 is 10.7 Å². The number of para-hydroxylation sites is 1. The second-order valence-corrected chi connectivity index (χ2v) is 6.33. The Hall–Kier alpha value is -1.32. The number of rotatable bonds is 5. The molecule has 21 heavy (non-hydrogen) atoms. The summed E-state index contributed by atoms with van der Waals surface area (Å²) in [5.74, 6) is 0.676. The molecule has 2 aromatic rings. The molecule has 3 heteroatoms. The van der Waals surface area contributed by atoms with Crippen LogP contribution < -0.4 is 5.73 Å². The van der Waals surface area contributed by atoms with Crippen LogP contribution in [0.25, 0.3) is 10.9 Å². The summed E-state index contributed by atoms with van der Waals surface area (Å²) in [5.41, 5.74) is 9.99. The van der Waals surface area contributed by atoms with Crippen LogP contribution in [0.1, 0.15) is 37.4 Å². The largest absolute Gasteiger partial charge is 0.358 e. The van der Waals surface area contributed by atoms with E-state index in [0.29, 0.717) is 12.0 Å². The van der Waals surface area contributed by atoms with Crippen molar-refractivity contribution in [3.8, 4) is 0 Å². The van der Waals surface area contributed by atoms with Crippen LogP contribution in [-0.4, -0.2) is 29.0 Å². The van der Waals surface area contributed by atoms with Gasteiger partial charge in [-0.1, -0.05) is 31.5 Å². The average Bonchev–Trinajstić information content (AvgIpc) is 3.08. The van der Waals surface area contributed by atoms with E-state index < -0.39 is 0 Å². The fourth-order valence-corrected chi connectivity index (χ4v) is 3.98. The molecule has 1 aliphatic rings. The Labute approximate surface area is 127 Å². The number of hydrogen-bond donors (Lipinski definition) is 2. The molecule has 1 aromatic carbocycles. The minimum atomic E-state index is 0.660. The highest BCUT2D eigenvalue weighted by Gasteiger charge is 2.30. The number of aromatic amines is 1. The van der Waals surface area contributed by atoms with Gasteiger partial charge in [0.25, 0.3) is 0 Å². The Kier molecular flexibility index (Phi) is 4.32. The first-order chi connectivity index (χ1) is 10.2. The van der Waals surface area contributed by atoms with E-state index in [1.807, 2.05) is 0 Å². The maximum Gasteiger partial charge on any atom is 0.0459 e. The highest BCUT2D eigenvalue weighted by molar-refractivity contribution is 5.84. The highest BCUT2D eigenvalue weighted by atomic mass is 15.2. The summed E-state index contributed by atoms with van der Waals surface area (Å²) in [6.07, 6.45) is 3.93. The van der Waals surface area contributed by atoms with Gasteiger partial charge in [-0.3, -0.25) is 4.90 Å². The number of nitrogens with one attached hydrogen (secondary N) is 1. The van der Waals surface area contributed by atoms with E-state index in [1.54, 1.807) is 0 Å². The summed E-state index contributed by atoms with van der Waals surface area (Å²) in [5, 5.41) is 1.37. The first kappa shape index (κ1) is 14.6. The van der Waals surface area contributed by atoms with E-state index in [9.17, 15) is 0 Å². The second-order valence-electron chi connectivity index (χ2n) is 6.33. The molecule has 0 aliphatic heterocycles. The van der Waals surface area contributed by atoms with Gasteiger partial charge in [0, 0.05) is 29.2 Å². The summed E-state index contributed by atoms with van der Waals surface area (Å²) in [7, 11) is 0. The van der Waals surface area contributed by atoms with Crippen LogP contribution in [0.3, 0.4) is 0 Å². The van der Waals surface area contributed by atoms with Gasteiger partial charge in [-0.15, -0.1) is 0 Å². The van der Waals surface area contributed by atoms with Crippen molar-refractivity contribution in [2.24, 2.45) is 11.7 Å². The van der Waals surface area contributed by atoms with Gasteiger partial charge in [-0.2, -0.15) is 0 Å². The molecule has 1 saturated carbocycles. The van der Waals surface area contributed by atoms with Crippen LogP contribution in [-0.2, 0) is 6.54 Å². The Morgan fingerprint density at radius 3 is 2.86 bits per heavy atom. The van der Waals surface area contributed by atoms with Gasteiger partial charge in [0.1, 0.15) is 0 Å². The molecular weight excluding hydrogens is 258 g/mol. The van der Waals surface area contributed by atoms with Crippen LogP contribution >= 0.6 is 0 Å². The van der Waals surface area contributed by atoms with Gasteiger partial charge >= 0.3 is 0 Å². The topological polar surface area (TPSA) is 45.0 Å². The van der Waals surface area contributed by atoms with E-state index in [-0.39, 0.29) is 0 Å². The van der Waals surface area contributed by atoms with Gasteiger partial charge in [-0.25, -0.2) is 0 Å². The van der Waals surface area contributed by atoms with Crippen LogP contribution in [0.15, 0.2) is 24.3 Å². The van der Waals surface area contributed by atoms with Crippen molar-refractivity contribution in [2.45, 2.75) is 45.7 Å². The molecule has 0 saturated heterocycles. The third kappa shape index (κ3) is 2.72. The SMILES string of the molecule is CCN(Cc1c(C)[nH]c2ccccc12)C1CCCC1CN. The van der Waals surface area contributed by atoms with Crippen molar-refractivity contribution in [1.82, 2.24) is 9.88 Å². The molecule has 3 N–H and O–H groups in total. The van der Waals surface area contributed by atoms with Gasteiger partial charge in [-0.05, 0) is 50.4 Å². The Morgan fingerprint density at radius 1 is 1.29 bits per heavy atom. The minimum Gasteiger partial charge on any atom is -0.358 e. The quantitative estimate of drug-likeness (QED) is 0.884. The van der Waals surface area contributed by atoms with E-state index in [2.05, 4.69) is 48.0 Å².